The zero-order valence-electron chi connectivity index (χ0n) is 33.0. The number of likely N-dealkylation sites (tertiary alicyclic amines) is 1. The number of piperidine rings is 1. The van der Waals surface area contributed by atoms with Crippen LogP contribution in [-0.2, 0) is 37.1 Å². The number of aryl methyl sites for hydroxylation is 1. The Morgan fingerprint density at radius 1 is 1.02 bits per heavy atom. The van der Waals surface area contributed by atoms with Gasteiger partial charge in [0.25, 0.3) is 0 Å². The molecule has 2 fully saturated rings. The van der Waals surface area contributed by atoms with Crippen LogP contribution in [0.5, 0.6) is 0 Å². The number of nitrogens with zero attached hydrogens (tertiary/aromatic N) is 3. The van der Waals surface area contributed by atoms with Crippen molar-refractivity contribution >= 4 is 53.1 Å². The van der Waals surface area contributed by atoms with Crippen LogP contribution in [0.2, 0.25) is 0 Å². The Morgan fingerprint density at radius 3 is 2.25 bits per heavy atom. The molecular weight excluding hydrogens is 754 g/mol. The Balaban J connectivity index is 0.00000696. The summed E-state index contributed by atoms with van der Waals surface area (Å²) in [5.41, 5.74) is 17.5. The Morgan fingerprint density at radius 2 is 1.66 bits per heavy atom. The minimum Gasteiger partial charge on any atom is -0.391 e. The summed E-state index contributed by atoms with van der Waals surface area (Å²) in [4.78, 5) is 61.5. The molecule has 5 atom stereocenters. The molecule has 0 saturated carbocycles. The van der Waals surface area contributed by atoms with Gasteiger partial charge in [-0.25, -0.2) is 4.98 Å². The van der Waals surface area contributed by atoms with Crippen molar-refractivity contribution in [3.8, 4) is 10.4 Å². The Kier molecular flexibility index (Phi) is 15.8. The standard InChI is InChI=1S/C41H57N7O6S.ClH/c1-25-36(55-24-45-25)29-10-6-27(7-11-29)21-44-39(52)34-20-32(49)22-48(34)40(53)37(41(3,4)5)46-38(51)30-16-18-47(19-17-30)31-12-8-28(9-13-31)23-54-26(2)33(42)14-15-35(43)50;/h6-13,24,26,30,32-34,37,49H,14-23,42H2,1-5H3,(H2,43,50)(H,44,52)(H,46,51);1H/t26-,32-,33+,34+,37-;/m1./s1. The summed E-state index contributed by atoms with van der Waals surface area (Å²) in [6.07, 6.45) is 1.02. The zero-order chi connectivity index (χ0) is 39.9. The highest BCUT2D eigenvalue weighted by Gasteiger charge is 2.45. The Bertz CT molecular complexity index is 1780. The number of carbonyl (C=O) groups excluding carboxylic acids is 4. The van der Waals surface area contributed by atoms with Crippen molar-refractivity contribution in [1.29, 1.82) is 0 Å². The first-order chi connectivity index (χ1) is 26.1. The first-order valence-electron chi connectivity index (χ1n) is 19.2. The quantitative estimate of drug-likeness (QED) is 0.151. The van der Waals surface area contributed by atoms with Gasteiger partial charge in [-0.1, -0.05) is 57.2 Å². The minimum atomic E-state index is -0.878. The number of aliphatic hydroxyl groups is 1. The number of benzene rings is 2. The monoisotopic (exact) mass is 811 g/mol. The lowest BCUT2D eigenvalue weighted by atomic mass is 9.84. The molecule has 5 rings (SSSR count). The smallest absolute Gasteiger partial charge is 0.246 e. The molecule has 1 aromatic heterocycles. The second kappa shape index (κ2) is 19.9. The number of primary amides is 1. The number of β-amino-alcohol motifs (C(OH)–C–C–N with tert-alkyl or cyclic N) is 1. The number of nitrogens with two attached hydrogens (primary N) is 2. The SMILES string of the molecule is Cc1ncsc1-c1ccc(CNC(=O)[C@@H]2C[C@@H](O)CN2C(=O)[C@@H](NC(=O)C2CCN(c3ccc(CO[C@H](C)[C@@H](N)CCC(N)=O)cc3)CC2)C(C)(C)C)cc1.Cl. The fourth-order valence-electron chi connectivity index (χ4n) is 7.14. The normalized spacial score (nSPS) is 19.1. The number of ether oxygens (including phenoxy) is 1. The molecular formula is C41H58ClN7O6S. The summed E-state index contributed by atoms with van der Waals surface area (Å²) in [7, 11) is 0. The number of amides is 4. The fourth-order valence-corrected chi connectivity index (χ4v) is 7.95. The number of thiazole rings is 1. The highest BCUT2D eigenvalue weighted by atomic mass is 35.5. The van der Waals surface area contributed by atoms with Gasteiger partial charge in [0, 0.05) is 56.7 Å². The second-order valence-corrected chi connectivity index (χ2v) is 16.9. The van der Waals surface area contributed by atoms with Crippen molar-refractivity contribution in [2.24, 2.45) is 22.8 Å². The third-order valence-corrected chi connectivity index (χ3v) is 11.7. The van der Waals surface area contributed by atoms with E-state index in [1.54, 1.807) is 11.3 Å². The van der Waals surface area contributed by atoms with Gasteiger partial charge >= 0.3 is 0 Å². The molecule has 0 bridgehead atoms. The predicted molar refractivity (Wildman–Crippen MR) is 221 cm³/mol. The molecule has 3 aromatic rings. The molecule has 2 aliphatic rings. The van der Waals surface area contributed by atoms with Crippen molar-refractivity contribution in [2.75, 3.05) is 24.5 Å². The van der Waals surface area contributed by atoms with E-state index < -0.39 is 23.6 Å². The molecule has 2 aromatic carbocycles. The van der Waals surface area contributed by atoms with Gasteiger partial charge in [-0.15, -0.1) is 23.7 Å². The highest BCUT2D eigenvalue weighted by Crippen LogP contribution is 2.30. The maximum absolute atomic E-state index is 14.1. The molecule has 15 heteroatoms. The van der Waals surface area contributed by atoms with Gasteiger partial charge in [0.05, 0.1) is 34.9 Å². The van der Waals surface area contributed by atoms with Crippen LogP contribution in [0.3, 0.4) is 0 Å². The minimum absolute atomic E-state index is 0. The molecule has 2 aliphatic heterocycles. The summed E-state index contributed by atoms with van der Waals surface area (Å²) in [5.74, 6) is -1.53. The molecule has 0 radical (unpaired) electrons. The third-order valence-electron chi connectivity index (χ3n) is 10.7. The average Bonchev–Trinajstić information content (AvgIpc) is 3.78. The number of nitrogens with one attached hydrogen (secondary N) is 2. The number of carbonyl (C=O) groups is 4. The number of aromatic nitrogens is 1. The number of halogens is 1. The summed E-state index contributed by atoms with van der Waals surface area (Å²) >= 11 is 1.58. The molecule has 0 unspecified atom stereocenters. The van der Waals surface area contributed by atoms with Crippen LogP contribution in [0.25, 0.3) is 10.4 Å². The molecule has 56 heavy (non-hydrogen) atoms. The Labute approximate surface area is 340 Å². The number of anilines is 1. The van der Waals surface area contributed by atoms with Crippen LogP contribution in [0.1, 0.15) is 76.6 Å². The van der Waals surface area contributed by atoms with Crippen LogP contribution in [0.15, 0.2) is 54.0 Å². The topological polar surface area (TPSA) is 193 Å². The van der Waals surface area contributed by atoms with Crippen molar-refractivity contribution in [3.63, 3.8) is 0 Å². The molecule has 4 amide bonds. The summed E-state index contributed by atoms with van der Waals surface area (Å²) in [5, 5.41) is 16.6. The largest absolute Gasteiger partial charge is 0.391 e. The van der Waals surface area contributed by atoms with E-state index in [4.69, 9.17) is 16.2 Å². The van der Waals surface area contributed by atoms with E-state index in [1.807, 2.05) is 88.7 Å². The van der Waals surface area contributed by atoms with Crippen molar-refractivity contribution in [3.05, 3.63) is 70.9 Å². The number of aliphatic hydroxyl groups excluding tert-OH is 1. The van der Waals surface area contributed by atoms with Crippen molar-refractivity contribution in [1.82, 2.24) is 20.5 Å². The van der Waals surface area contributed by atoms with E-state index in [0.717, 1.165) is 32.9 Å². The van der Waals surface area contributed by atoms with Gasteiger partial charge in [-0.05, 0) is 67.3 Å². The predicted octanol–water partition coefficient (Wildman–Crippen LogP) is 4.06. The summed E-state index contributed by atoms with van der Waals surface area (Å²) in [6, 6.07) is 14.0. The number of hydrogen-bond donors (Lipinski definition) is 5. The van der Waals surface area contributed by atoms with E-state index >= 15 is 0 Å². The van der Waals surface area contributed by atoms with Gasteiger partial charge in [-0.2, -0.15) is 0 Å². The highest BCUT2D eigenvalue weighted by molar-refractivity contribution is 7.13. The van der Waals surface area contributed by atoms with Crippen LogP contribution in [-0.4, -0.2) is 88.6 Å². The van der Waals surface area contributed by atoms with Crippen molar-refractivity contribution < 1.29 is 29.0 Å². The Hall–Kier alpha value is -4.08. The first kappa shape index (κ1) is 44.6. The third kappa shape index (κ3) is 11.7. The first-order valence-corrected chi connectivity index (χ1v) is 20.0. The number of hydrogen-bond acceptors (Lipinski definition) is 10. The molecule has 2 saturated heterocycles. The van der Waals surface area contributed by atoms with Crippen molar-refractivity contribution in [2.45, 2.75) is 110 Å². The average molecular weight is 812 g/mol. The van der Waals surface area contributed by atoms with Gasteiger partial charge in [0.2, 0.25) is 23.6 Å². The summed E-state index contributed by atoms with van der Waals surface area (Å²) < 4.78 is 5.92. The lowest BCUT2D eigenvalue weighted by Gasteiger charge is -2.37. The van der Waals surface area contributed by atoms with Crippen LogP contribution in [0, 0.1) is 18.3 Å². The molecule has 0 spiro atoms. The molecule has 0 aliphatic carbocycles. The molecule has 7 N–H and O–H groups in total. The fraction of sp³-hybridized carbons (Fsp3) is 0.537. The zero-order valence-corrected chi connectivity index (χ0v) is 34.7. The van der Waals surface area contributed by atoms with Crippen LogP contribution < -0.4 is 27.0 Å². The van der Waals surface area contributed by atoms with E-state index in [2.05, 4.69) is 20.5 Å². The van der Waals surface area contributed by atoms with E-state index in [9.17, 15) is 24.3 Å². The second-order valence-electron chi connectivity index (χ2n) is 16.0. The maximum atomic E-state index is 14.1. The van der Waals surface area contributed by atoms with Gasteiger partial charge < -0.3 is 41.7 Å². The van der Waals surface area contributed by atoms with E-state index in [-0.39, 0.29) is 80.0 Å². The molecule has 306 valence electrons. The lowest BCUT2D eigenvalue weighted by molar-refractivity contribution is -0.144. The molecule has 13 nitrogen and oxygen atoms in total. The van der Waals surface area contributed by atoms with Gasteiger partial charge in [0.1, 0.15) is 12.1 Å². The summed E-state index contributed by atoms with van der Waals surface area (Å²) in [6.45, 7) is 11.6. The van der Waals surface area contributed by atoms with Crippen LogP contribution in [0.4, 0.5) is 5.69 Å². The number of rotatable bonds is 15. The van der Waals surface area contributed by atoms with Gasteiger partial charge in [-0.3, -0.25) is 19.2 Å². The lowest BCUT2D eigenvalue weighted by Crippen LogP contribution is -2.58. The van der Waals surface area contributed by atoms with E-state index in [1.165, 1.54) is 4.90 Å². The van der Waals surface area contributed by atoms with E-state index in [0.29, 0.717) is 39.0 Å². The van der Waals surface area contributed by atoms with Gasteiger partial charge in [0.15, 0.2) is 0 Å². The maximum Gasteiger partial charge on any atom is 0.246 e. The van der Waals surface area contributed by atoms with Crippen LogP contribution >= 0.6 is 23.7 Å². The molecule has 3 heterocycles.